The topological polar surface area (TPSA) is 140 Å². The summed E-state index contributed by atoms with van der Waals surface area (Å²) in [5.41, 5.74) is -5.54. The van der Waals surface area contributed by atoms with Gasteiger partial charge in [-0.1, -0.05) is 0 Å². The van der Waals surface area contributed by atoms with Crippen LogP contribution in [0.15, 0.2) is 0 Å². The number of carbonyl (C=O) groups is 3. The van der Waals surface area contributed by atoms with Crippen molar-refractivity contribution >= 4 is 40.7 Å². The van der Waals surface area contributed by atoms with Crippen molar-refractivity contribution in [2.75, 3.05) is 0 Å². The molecule has 0 aromatic rings. The molecular formula is C18H33InO9. The minimum absolute atomic E-state index is 0.0907. The average molecular weight is 508 g/mol. The fourth-order valence-electron chi connectivity index (χ4n) is 2.48. The summed E-state index contributed by atoms with van der Waals surface area (Å²) in [7, 11) is 0. The van der Waals surface area contributed by atoms with Crippen LogP contribution in [0.5, 0.6) is 0 Å². The van der Waals surface area contributed by atoms with E-state index in [-0.39, 0.29) is 19.3 Å². The van der Waals surface area contributed by atoms with Gasteiger partial charge in [0.25, 0.3) is 0 Å². The first kappa shape index (κ1) is 27.2. The van der Waals surface area contributed by atoms with Crippen LogP contribution in [-0.2, 0) is 22.9 Å². The van der Waals surface area contributed by atoms with Crippen molar-refractivity contribution in [3.05, 3.63) is 0 Å². The average Bonchev–Trinajstić information content (AvgIpc) is 2.54. The van der Waals surface area contributed by atoms with Crippen LogP contribution in [0.4, 0.5) is 0 Å². The number of hydrogen-bond acceptors (Lipinski definition) is 9. The molecule has 0 rings (SSSR count). The normalized spacial score (nSPS) is 17.5. The first-order valence-electron chi connectivity index (χ1n) is 9.53. The molecule has 0 spiro atoms. The number of hydrogen-bond donors (Lipinski definition) is 3. The zero-order valence-corrected chi connectivity index (χ0v) is 20.9. The van der Waals surface area contributed by atoms with Gasteiger partial charge < -0.3 is 0 Å². The molecular weight excluding hydrogens is 475 g/mol. The van der Waals surface area contributed by atoms with Crippen LogP contribution in [-0.4, -0.2) is 72.8 Å². The zero-order chi connectivity index (χ0) is 22.2. The van der Waals surface area contributed by atoms with Gasteiger partial charge in [-0.05, 0) is 0 Å². The van der Waals surface area contributed by atoms with E-state index >= 15 is 0 Å². The van der Waals surface area contributed by atoms with Crippen LogP contribution in [0.2, 0.25) is 0 Å². The van der Waals surface area contributed by atoms with Crippen LogP contribution < -0.4 is 0 Å². The molecule has 0 aliphatic carbocycles. The van der Waals surface area contributed by atoms with E-state index in [1.807, 2.05) is 0 Å². The fourth-order valence-corrected chi connectivity index (χ4v) is 6.56. The van der Waals surface area contributed by atoms with E-state index in [1.165, 1.54) is 20.8 Å². The van der Waals surface area contributed by atoms with E-state index in [2.05, 4.69) is 0 Å². The van der Waals surface area contributed by atoms with Crippen molar-refractivity contribution in [1.82, 2.24) is 0 Å². The second-order valence-corrected chi connectivity index (χ2v) is 11.2. The van der Waals surface area contributed by atoms with E-state index in [0.29, 0.717) is 19.3 Å². The summed E-state index contributed by atoms with van der Waals surface area (Å²) in [4.78, 5) is 36.8. The molecule has 0 aliphatic heterocycles. The van der Waals surface area contributed by atoms with E-state index in [4.69, 9.17) is 8.56 Å². The Morgan fingerprint density at radius 2 is 0.857 bits per heavy atom. The molecule has 3 N–H and O–H groups in total. The standard InChI is InChI=1S/3C6H12O3.In/c3*1-3-4-6(2,9)5(7)8;/h3*9H,3-4H2,1-2H3,(H,7,8);/q;;;+3/p-3. The van der Waals surface area contributed by atoms with Crippen LogP contribution in [0.25, 0.3) is 0 Å². The van der Waals surface area contributed by atoms with Crippen LogP contribution >= 0.6 is 0 Å². The van der Waals surface area contributed by atoms with Crippen molar-refractivity contribution < 1.29 is 38.3 Å². The Kier molecular flexibility index (Phi) is 11.0. The predicted molar refractivity (Wildman–Crippen MR) is 101 cm³/mol. The van der Waals surface area contributed by atoms with E-state index in [9.17, 15) is 29.7 Å². The molecule has 0 heterocycles. The Bertz CT molecular complexity index is 467. The summed E-state index contributed by atoms with van der Waals surface area (Å²) in [5, 5.41) is 30.5. The predicted octanol–water partition coefficient (Wildman–Crippen LogP) is 1.25. The number of carbonyl (C=O) groups excluding carboxylic acids is 3. The molecule has 0 aromatic heterocycles. The van der Waals surface area contributed by atoms with Gasteiger partial charge in [0.1, 0.15) is 0 Å². The molecule has 3 atom stereocenters. The second kappa shape index (κ2) is 11.4. The minimum atomic E-state index is -4.65. The van der Waals surface area contributed by atoms with Crippen molar-refractivity contribution in [3.63, 3.8) is 0 Å². The Morgan fingerprint density at radius 3 is 1.04 bits per heavy atom. The van der Waals surface area contributed by atoms with Crippen molar-refractivity contribution in [3.8, 4) is 0 Å². The Labute approximate surface area is 175 Å². The van der Waals surface area contributed by atoms with E-state index < -0.39 is 57.5 Å². The summed E-state index contributed by atoms with van der Waals surface area (Å²) in [5.74, 6) is -3.25. The molecule has 0 saturated heterocycles. The third-order valence-corrected chi connectivity index (χ3v) is 7.62. The third-order valence-electron chi connectivity index (χ3n) is 4.14. The molecule has 10 heteroatoms. The molecule has 28 heavy (non-hydrogen) atoms. The zero-order valence-electron chi connectivity index (χ0n) is 17.6. The van der Waals surface area contributed by atoms with Crippen molar-refractivity contribution in [1.29, 1.82) is 0 Å². The molecule has 0 fully saturated rings. The molecule has 0 saturated carbocycles. The van der Waals surface area contributed by atoms with E-state index in [0.717, 1.165) is 0 Å². The maximum absolute atomic E-state index is 12.3. The molecule has 0 aromatic carbocycles. The first-order valence-corrected chi connectivity index (χ1v) is 13.6. The van der Waals surface area contributed by atoms with Gasteiger partial charge in [0, 0.05) is 0 Å². The molecule has 3 unspecified atom stereocenters. The Hall–Kier alpha value is -0.840. The van der Waals surface area contributed by atoms with Gasteiger partial charge >= 0.3 is 176 Å². The van der Waals surface area contributed by atoms with Gasteiger partial charge in [0.15, 0.2) is 0 Å². The van der Waals surface area contributed by atoms with Crippen molar-refractivity contribution in [2.45, 2.75) is 96.9 Å². The monoisotopic (exact) mass is 508 g/mol. The van der Waals surface area contributed by atoms with E-state index in [1.54, 1.807) is 20.8 Å². The Morgan fingerprint density at radius 1 is 0.643 bits per heavy atom. The van der Waals surface area contributed by atoms with Gasteiger partial charge in [-0.3, -0.25) is 0 Å². The van der Waals surface area contributed by atoms with Gasteiger partial charge in [-0.25, -0.2) is 0 Å². The first-order chi connectivity index (χ1) is 12.7. The molecule has 0 amide bonds. The van der Waals surface area contributed by atoms with Crippen LogP contribution in [0.3, 0.4) is 0 Å². The third kappa shape index (κ3) is 8.67. The van der Waals surface area contributed by atoms with Gasteiger partial charge in [0.05, 0.1) is 0 Å². The van der Waals surface area contributed by atoms with Gasteiger partial charge in [-0.2, -0.15) is 0 Å². The summed E-state index contributed by atoms with van der Waals surface area (Å²) in [6.07, 6.45) is 1.73. The number of aliphatic hydroxyl groups is 3. The number of rotatable bonds is 12. The quantitative estimate of drug-likeness (QED) is 0.356. The molecule has 0 bridgehead atoms. The van der Waals surface area contributed by atoms with Crippen molar-refractivity contribution in [2.24, 2.45) is 0 Å². The maximum atomic E-state index is 12.3. The van der Waals surface area contributed by atoms with Crippen LogP contribution in [0, 0.1) is 0 Å². The summed E-state index contributed by atoms with van der Waals surface area (Å²) in [6, 6.07) is 0. The fraction of sp³-hybridized carbons (Fsp3) is 0.833. The molecule has 0 aliphatic rings. The van der Waals surface area contributed by atoms with Crippen LogP contribution in [0.1, 0.15) is 80.1 Å². The summed E-state index contributed by atoms with van der Waals surface area (Å²) >= 11 is -4.65. The van der Waals surface area contributed by atoms with Gasteiger partial charge in [0.2, 0.25) is 0 Å². The summed E-state index contributed by atoms with van der Waals surface area (Å²) in [6.45, 7) is 9.00. The molecule has 9 nitrogen and oxygen atoms in total. The van der Waals surface area contributed by atoms with Gasteiger partial charge in [-0.15, -0.1) is 0 Å². The molecule has 162 valence electrons. The Balaban J connectivity index is 5.46. The molecule has 0 radical (unpaired) electrons. The summed E-state index contributed by atoms with van der Waals surface area (Å²) < 4.78 is 15.2. The second-order valence-electron chi connectivity index (χ2n) is 7.58. The SMILES string of the molecule is CCCC(C)(O)C(=O)[O][In]([O]C(=O)C(C)(O)CCC)[O]C(=O)C(C)(O)CCC.